The molecule has 2 atom stereocenters. The van der Waals surface area contributed by atoms with Gasteiger partial charge >= 0.3 is 6.08 Å². The molecule has 17 heavy (non-hydrogen) atoms. The van der Waals surface area contributed by atoms with E-state index in [2.05, 4.69) is 0 Å². The third-order valence-electron chi connectivity index (χ3n) is 2.69. The summed E-state index contributed by atoms with van der Waals surface area (Å²) in [5.74, 6) is -8.28. The van der Waals surface area contributed by atoms with Crippen LogP contribution in [0.15, 0.2) is 35.0 Å². The summed E-state index contributed by atoms with van der Waals surface area (Å²) in [5, 5.41) is 0. The minimum atomic E-state index is -3.30. The Morgan fingerprint density at radius 3 is 2.00 bits per heavy atom. The SMILES string of the molecule is CC1=C(F)C(F)C(C)(C(F)=C(F)F)C(F)=C1F. The van der Waals surface area contributed by atoms with Gasteiger partial charge in [-0.25, -0.2) is 22.0 Å². The molecule has 0 saturated carbocycles. The van der Waals surface area contributed by atoms with Crippen molar-refractivity contribution >= 4 is 0 Å². The van der Waals surface area contributed by atoms with Crippen LogP contribution in [-0.2, 0) is 0 Å². The van der Waals surface area contributed by atoms with E-state index in [1.54, 1.807) is 0 Å². The first-order valence-electron chi connectivity index (χ1n) is 4.43. The van der Waals surface area contributed by atoms with E-state index < -0.39 is 46.5 Å². The fourth-order valence-electron chi connectivity index (χ4n) is 1.46. The highest BCUT2D eigenvalue weighted by atomic mass is 19.3. The van der Waals surface area contributed by atoms with Crippen LogP contribution >= 0.6 is 0 Å². The second kappa shape index (κ2) is 4.19. The van der Waals surface area contributed by atoms with Crippen LogP contribution in [0.5, 0.6) is 0 Å². The topological polar surface area (TPSA) is 0 Å². The number of hydrogen-bond acceptors (Lipinski definition) is 0. The van der Waals surface area contributed by atoms with E-state index in [-0.39, 0.29) is 0 Å². The van der Waals surface area contributed by atoms with Gasteiger partial charge in [-0.05, 0) is 13.8 Å². The lowest BCUT2D eigenvalue weighted by atomic mass is 9.77. The van der Waals surface area contributed by atoms with Gasteiger partial charge < -0.3 is 0 Å². The van der Waals surface area contributed by atoms with Crippen molar-refractivity contribution in [3.05, 3.63) is 35.0 Å². The Balaban J connectivity index is 3.54. The number of hydrogen-bond donors (Lipinski definition) is 0. The molecular formula is C10H7F7. The maximum absolute atomic E-state index is 13.4. The molecule has 0 radical (unpaired) electrons. The average molecular weight is 260 g/mol. The predicted octanol–water partition coefficient (Wildman–Crippen LogP) is 4.82. The molecule has 1 aliphatic rings. The molecule has 0 aromatic rings. The van der Waals surface area contributed by atoms with Crippen LogP contribution < -0.4 is 0 Å². The second-order valence-corrected chi connectivity index (χ2v) is 3.74. The van der Waals surface area contributed by atoms with E-state index in [1.165, 1.54) is 0 Å². The zero-order valence-electron chi connectivity index (χ0n) is 8.72. The fourth-order valence-corrected chi connectivity index (χ4v) is 1.46. The fraction of sp³-hybridized carbons (Fsp3) is 0.400. The number of halogens is 7. The predicted molar refractivity (Wildman–Crippen MR) is 46.4 cm³/mol. The first kappa shape index (κ1) is 13.8. The van der Waals surface area contributed by atoms with Crippen LogP contribution in [0.25, 0.3) is 0 Å². The van der Waals surface area contributed by atoms with Crippen molar-refractivity contribution in [1.29, 1.82) is 0 Å². The van der Waals surface area contributed by atoms with Gasteiger partial charge in [-0.2, -0.15) is 8.78 Å². The second-order valence-electron chi connectivity index (χ2n) is 3.74. The van der Waals surface area contributed by atoms with Crippen LogP contribution in [0.1, 0.15) is 13.8 Å². The van der Waals surface area contributed by atoms with Gasteiger partial charge in [0, 0.05) is 5.57 Å². The lowest BCUT2D eigenvalue weighted by molar-refractivity contribution is 0.126. The molecule has 0 saturated heterocycles. The van der Waals surface area contributed by atoms with Gasteiger partial charge in [-0.15, -0.1) is 0 Å². The highest BCUT2D eigenvalue weighted by Gasteiger charge is 2.53. The van der Waals surface area contributed by atoms with Crippen LogP contribution in [0.2, 0.25) is 0 Å². The minimum Gasteiger partial charge on any atom is -0.238 e. The summed E-state index contributed by atoms with van der Waals surface area (Å²) in [7, 11) is 0. The molecule has 0 amide bonds. The summed E-state index contributed by atoms with van der Waals surface area (Å²) in [6.45, 7) is 1.05. The monoisotopic (exact) mass is 260 g/mol. The average Bonchev–Trinajstić information content (AvgIpc) is 2.30. The molecule has 7 heteroatoms. The Hall–Kier alpha value is -1.27. The van der Waals surface area contributed by atoms with Crippen molar-refractivity contribution in [1.82, 2.24) is 0 Å². The molecule has 0 aliphatic heterocycles. The maximum atomic E-state index is 13.4. The lowest BCUT2D eigenvalue weighted by Crippen LogP contribution is -2.35. The Labute approximate surface area is 92.1 Å². The summed E-state index contributed by atoms with van der Waals surface area (Å²) >= 11 is 0. The van der Waals surface area contributed by atoms with Gasteiger partial charge in [0.05, 0.1) is 0 Å². The highest BCUT2D eigenvalue weighted by Crippen LogP contribution is 2.52. The van der Waals surface area contributed by atoms with Gasteiger partial charge in [0.15, 0.2) is 23.7 Å². The maximum Gasteiger partial charge on any atom is 0.302 e. The minimum absolute atomic E-state index is 0.326. The quantitative estimate of drug-likeness (QED) is 0.593. The van der Waals surface area contributed by atoms with E-state index in [1.807, 2.05) is 0 Å². The van der Waals surface area contributed by atoms with Crippen LogP contribution in [0.3, 0.4) is 0 Å². The molecule has 0 N–H and O–H groups in total. The zero-order valence-corrected chi connectivity index (χ0v) is 8.72. The Bertz CT molecular complexity index is 442. The Morgan fingerprint density at radius 1 is 1.12 bits per heavy atom. The number of rotatable bonds is 1. The molecule has 96 valence electrons. The molecule has 1 aliphatic carbocycles. The summed E-state index contributed by atoms with van der Waals surface area (Å²) < 4.78 is 90.2. The standard InChI is InChI=1S/C10H7F7/c1-3-4(11)6(13)10(2,7(14)5(3)12)8(15)9(16)17/h6H,1-2H3. The third kappa shape index (κ3) is 1.77. The third-order valence-corrected chi connectivity index (χ3v) is 2.69. The molecule has 0 bridgehead atoms. The molecular weight excluding hydrogens is 253 g/mol. The van der Waals surface area contributed by atoms with Gasteiger partial charge in [0.1, 0.15) is 11.2 Å². The Morgan fingerprint density at radius 2 is 1.59 bits per heavy atom. The molecule has 0 aromatic heterocycles. The van der Waals surface area contributed by atoms with Crippen LogP contribution in [-0.4, -0.2) is 6.17 Å². The van der Waals surface area contributed by atoms with Crippen molar-refractivity contribution in [3.8, 4) is 0 Å². The molecule has 0 fully saturated rings. The summed E-state index contributed by atoms with van der Waals surface area (Å²) in [6.07, 6.45) is -6.06. The first-order chi connectivity index (χ1) is 7.65. The zero-order chi connectivity index (χ0) is 13.5. The summed E-state index contributed by atoms with van der Waals surface area (Å²) in [5.41, 5.74) is -4.30. The Kier molecular flexibility index (Phi) is 3.40. The van der Waals surface area contributed by atoms with E-state index in [4.69, 9.17) is 0 Å². The van der Waals surface area contributed by atoms with Crippen molar-refractivity contribution in [2.75, 3.05) is 0 Å². The molecule has 0 heterocycles. The van der Waals surface area contributed by atoms with E-state index >= 15 is 0 Å². The number of alkyl halides is 1. The van der Waals surface area contributed by atoms with Crippen molar-refractivity contribution < 1.29 is 30.7 Å². The van der Waals surface area contributed by atoms with E-state index in [0.717, 1.165) is 6.92 Å². The first-order valence-corrected chi connectivity index (χ1v) is 4.43. The molecule has 2 unspecified atom stereocenters. The van der Waals surface area contributed by atoms with Gasteiger partial charge in [-0.1, -0.05) is 0 Å². The van der Waals surface area contributed by atoms with E-state index in [9.17, 15) is 30.7 Å². The molecule has 0 nitrogen and oxygen atoms in total. The lowest BCUT2D eigenvalue weighted by Gasteiger charge is -2.32. The summed E-state index contributed by atoms with van der Waals surface area (Å²) in [6, 6.07) is 0. The largest absolute Gasteiger partial charge is 0.302 e. The normalized spacial score (nSPS) is 29.8. The molecule has 0 spiro atoms. The van der Waals surface area contributed by atoms with Crippen LogP contribution in [0, 0.1) is 5.41 Å². The smallest absolute Gasteiger partial charge is 0.238 e. The number of allylic oxidation sites excluding steroid dienone is 5. The molecule has 0 aromatic carbocycles. The van der Waals surface area contributed by atoms with E-state index in [0.29, 0.717) is 6.92 Å². The molecule has 1 rings (SSSR count). The van der Waals surface area contributed by atoms with Gasteiger partial charge in [-0.3, -0.25) is 0 Å². The highest BCUT2D eigenvalue weighted by molar-refractivity contribution is 5.43. The van der Waals surface area contributed by atoms with Gasteiger partial charge in [0.2, 0.25) is 0 Å². The van der Waals surface area contributed by atoms with Crippen molar-refractivity contribution in [2.45, 2.75) is 20.0 Å². The summed E-state index contributed by atoms with van der Waals surface area (Å²) in [4.78, 5) is 0. The van der Waals surface area contributed by atoms with Crippen molar-refractivity contribution in [3.63, 3.8) is 0 Å². The van der Waals surface area contributed by atoms with Crippen molar-refractivity contribution in [2.24, 2.45) is 5.41 Å². The van der Waals surface area contributed by atoms with Gasteiger partial charge in [0.25, 0.3) is 0 Å². The van der Waals surface area contributed by atoms with Crippen LogP contribution in [0.4, 0.5) is 30.7 Å².